The number of benzene rings is 2. The standard InChI is InChI=1S/C24H30O5/c1-16-17(2)23(28-6)20(18(3)22(16)27-5)12-13-24(4,26)21(25)15-29-14-19-10-8-7-9-11-19/h7-11,21,25-26H,14-15H2,1-6H3/t21-,24-/m0/s1. The SMILES string of the molecule is COc1c(C)c(C)c(OC)c(C#C[C@](C)(O)[C@@H](O)COCc2ccccc2)c1C. The molecule has 0 unspecified atom stereocenters. The van der Waals surface area contributed by atoms with E-state index < -0.39 is 11.7 Å². The van der Waals surface area contributed by atoms with Crippen molar-refractivity contribution in [3.05, 3.63) is 58.1 Å². The molecule has 0 aliphatic carbocycles. The van der Waals surface area contributed by atoms with E-state index in [-0.39, 0.29) is 6.61 Å². The molecule has 5 nitrogen and oxygen atoms in total. The van der Waals surface area contributed by atoms with Crippen LogP contribution in [0.25, 0.3) is 0 Å². The molecule has 0 aliphatic heterocycles. The van der Waals surface area contributed by atoms with Gasteiger partial charge in [0.15, 0.2) is 5.60 Å². The first-order valence-electron chi connectivity index (χ1n) is 9.50. The lowest BCUT2D eigenvalue weighted by molar-refractivity contribution is -0.0679. The summed E-state index contributed by atoms with van der Waals surface area (Å²) in [4.78, 5) is 0. The van der Waals surface area contributed by atoms with E-state index in [4.69, 9.17) is 14.2 Å². The molecule has 0 radical (unpaired) electrons. The van der Waals surface area contributed by atoms with Crippen LogP contribution < -0.4 is 9.47 Å². The molecule has 0 heterocycles. The Bertz CT molecular complexity index is 891. The van der Waals surface area contributed by atoms with Crippen molar-refractivity contribution in [3.8, 4) is 23.3 Å². The highest BCUT2D eigenvalue weighted by Crippen LogP contribution is 2.37. The van der Waals surface area contributed by atoms with Gasteiger partial charge in [0.05, 0.1) is 33.0 Å². The van der Waals surface area contributed by atoms with Crippen molar-refractivity contribution in [3.63, 3.8) is 0 Å². The van der Waals surface area contributed by atoms with Crippen molar-refractivity contribution in [2.75, 3.05) is 20.8 Å². The maximum atomic E-state index is 10.7. The van der Waals surface area contributed by atoms with Crippen LogP contribution in [0, 0.1) is 32.6 Å². The Labute approximate surface area is 173 Å². The number of hydrogen-bond donors (Lipinski definition) is 2. The van der Waals surface area contributed by atoms with Crippen LogP contribution in [0.3, 0.4) is 0 Å². The molecule has 2 rings (SSSR count). The molecule has 2 aromatic rings. The first-order valence-corrected chi connectivity index (χ1v) is 9.50. The van der Waals surface area contributed by atoms with E-state index >= 15 is 0 Å². The van der Waals surface area contributed by atoms with Crippen LogP contribution in [0.15, 0.2) is 30.3 Å². The van der Waals surface area contributed by atoms with Crippen LogP contribution in [0.1, 0.15) is 34.7 Å². The van der Waals surface area contributed by atoms with E-state index in [2.05, 4.69) is 11.8 Å². The minimum atomic E-state index is -1.65. The summed E-state index contributed by atoms with van der Waals surface area (Å²) >= 11 is 0. The Kier molecular flexibility index (Phi) is 7.69. The third kappa shape index (κ3) is 5.30. The Hall–Kier alpha value is -2.52. The molecule has 29 heavy (non-hydrogen) atoms. The van der Waals surface area contributed by atoms with E-state index in [1.807, 2.05) is 51.1 Å². The molecule has 2 N–H and O–H groups in total. The van der Waals surface area contributed by atoms with Crippen molar-refractivity contribution < 1.29 is 24.4 Å². The average Bonchev–Trinajstić information content (AvgIpc) is 2.70. The van der Waals surface area contributed by atoms with E-state index in [9.17, 15) is 10.2 Å². The third-order valence-corrected chi connectivity index (χ3v) is 5.07. The first kappa shape index (κ1) is 22.8. The Morgan fingerprint density at radius 3 is 2.14 bits per heavy atom. The van der Waals surface area contributed by atoms with Crippen molar-refractivity contribution in [1.29, 1.82) is 0 Å². The Morgan fingerprint density at radius 2 is 1.55 bits per heavy atom. The second-order valence-corrected chi connectivity index (χ2v) is 7.23. The van der Waals surface area contributed by atoms with Gasteiger partial charge in [0.25, 0.3) is 0 Å². The Balaban J connectivity index is 2.21. The molecule has 0 aliphatic rings. The van der Waals surface area contributed by atoms with Crippen LogP contribution in [-0.4, -0.2) is 42.7 Å². The summed E-state index contributed by atoms with van der Waals surface area (Å²) in [7, 11) is 3.20. The van der Waals surface area contributed by atoms with Gasteiger partial charge in [-0.3, -0.25) is 0 Å². The summed E-state index contributed by atoms with van der Waals surface area (Å²) in [6, 6.07) is 9.64. The normalized spacial score (nSPS) is 13.8. The zero-order chi connectivity index (χ0) is 21.6. The molecule has 0 aromatic heterocycles. The molecule has 0 spiro atoms. The second-order valence-electron chi connectivity index (χ2n) is 7.23. The topological polar surface area (TPSA) is 68.2 Å². The van der Waals surface area contributed by atoms with Crippen LogP contribution in [0.4, 0.5) is 0 Å². The van der Waals surface area contributed by atoms with Gasteiger partial charge in [0.1, 0.15) is 17.6 Å². The van der Waals surface area contributed by atoms with Gasteiger partial charge in [-0.1, -0.05) is 42.2 Å². The van der Waals surface area contributed by atoms with Crippen molar-refractivity contribution in [2.45, 2.75) is 46.0 Å². The van der Waals surface area contributed by atoms with Gasteiger partial charge < -0.3 is 24.4 Å². The number of aliphatic hydroxyl groups excluding tert-OH is 1. The summed E-state index contributed by atoms with van der Waals surface area (Å²) in [5, 5.41) is 21.1. The van der Waals surface area contributed by atoms with E-state index in [0.717, 1.165) is 28.0 Å². The molecule has 5 heteroatoms. The number of hydrogen-bond acceptors (Lipinski definition) is 5. The highest BCUT2D eigenvalue weighted by atomic mass is 16.5. The monoisotopic (exact) mass is 398 g/mol. The lowest BCUT2D eigenvalue weighted by Gasteiger charge is -2.24. The predicted molar refractivity (Wildman–Crippen MR) is 113 cm³/mol. The van der Waals surface area contributed by atoms with Gasteiger partial charge in [0, 0.05) is 5.56 Å². The zero-order valence-corrected chi connectivity index (χ0v) is 18.0. The summed E-state index contributed by atoms with van der Waals surface area (Å²) in [5.74, 6) is 7.13. The number of methoxy groups -OCH3 is 2. The minimum Gasteiger partial charge on any atom is -0.496 e. The lowest BCUT2D eigenvalue weighted by atomic mass is 9.95. The number of ether oxygens (including phenoxy) is 3. The van der Waals surface area contributed by atoms with Gasteiger partial charge in [-0.05, 0) is 44.4 Å². The fourth-order valence-corrected chi connectivity index (χ4v) is 3.10. The largest absolute Gasteiger partial charge is 0.496 e. The molecule has 0 saturated heterocycles. The second kappa shape index (κ2) is 9.80. The summed E-state index contributed by atoms with van der Waals surface area (Å²) in [6.45, 7) is 7.57. The van der Waals surface area contributed by atoms with Gasteiger partial charge in [-0.25, -0.2) is 0 Å². The fraction of sp³-hybridized carbons (Fsp3) is 0.417. The number of rotatable bonds is 7. The van der Waals surface area contributed by atoms with Crippen LogP contribution in [0.2, 0.25) is 0 Å². The van der Waals surface area contributed by atoms with E-state index in [1.54, 1.807) is 14.2 Å². The smallest absolute Gasteiger partial charge is 0.150 e. The fourth-order valence-electron chi connectivity index (χ4n) is 3.10. The molecule has 0 bridgehead atoms. The number of aliphatic hydroxyl groups is 2. The van der Waals surface area contributed by atoms with E-state index in [1.165, 1.54) is 6.92 Å². The van der Waals surface area contributed by atoms with Crippen LogP contribution in [0.5, 0.6) is 11.5 Å². The summed E-state index contributed by atoms with van der Waals surface area (Å²) in [5.41, 5.74) is 2.70. The molecule has 0 amide bonds. The molecule has 0 fully saturated rings. The molecule has 0 saturated carbocycles. The van der Waals surface area contributed by atoms with Crippen molar-refractivity contribution in [2.24, 2.45) is 0 Å². The van der Waals surface area contributed by atoms with Gasteiger partial charge in [0.2, 0.25) is 0 Å². The van der Waals surface area contributed by atoms with Gasteiger partial charge in [-0.15, -0.1) is 0 Å². The average molecular weight is 398 g/mol. The third-order valence-electron chi connectivity index (χ3n) is 5.07. The molecule has 2 aromatic carbocycles. The van der Waals surface area contributed by atoms with Crippen molar-refractivity contribution in [1.82, 2.24) is 0 Å². The highest BCUT2D eigenvalue weighted by Gasteiger charge is 2.29. The zero-order valence-electron chi connectivity index (χ0n) is 18.0. The van der Waals surface area contributed by atoms with Crippen LogP contribution in [-0.2, 0) is 11.3 Å². The summed E-state index contributed by atoms with van der Waals surface area (Å²) < 4.78 is 16.6. The van der Waals surface area contributed by atoms with Gasteiger partial charge in [-0.2, -0.15) is 0 Å². The molecular weight excluding hydrogens is 368 g/mol. The predicted octanol–water partition coefficient (Wildman–Crippen LogP) is 3.31. The first-order chi connectivity index (χ1) is 13.7. The molecular formula is C24H30O5. The highest BCUT2D eigenvalue weighted by molar-refractivity contribution is 5.63. The van der Waals surface area contributed by atoms with E-state index in [0.29, 0.717) is 17.9 Å². The van der Waals surface area contributed by atoms with Crippen molar-refractivity contribution >= 4 is 0 Å². The molecule has 156 valence electrons. The maximum Gasteiger partial charge on any atom is 0.150 e. The maximum absolute atomic E-state index is 10.7. The lowest BCUT2D eigenvalue weighted by Crippen LogP contribution is -2.41. The molecule has 2 atom stereocenters. The Morgan fingerprint density at radius 1 is 0.966 bits per heavy atom. The minimum absolute atomic E-state index is 0.0388. The summed E-state index contributed by atoms with van der Waals surface area (Å²) in [6.07, 6.45) is -1.17. The quantitative estimate of drug-likeness (QED) is 0.701. The van der Waals surface area contributed by atoms with Crippen LogP contribution >= 0.6 is 0 Å². The van der Waals surface area contributed by atoms with Gasteiger partial charge >= 0.3 is 0 Å².